The van der Waals surface area contributed by atoms with Crippen LogP contribution in [-0.2, 0) is 0 Å². The molecule has 0 amide bonds. The van der Waals surface area contributed by atoms with E-state index in [4.69, 9.17) is 17.3 Å². The van der Waals surface area contributed by atoms with Gasteiger partial charge in [0.1, 0.15) is 10.7 Å². The lowest BCUT2D eigenvalue weighted by atomic mass is 10.1. The summed E-state index contributed by atoms with van der Waals surface area (Å²) in [6.07, 6.45) is 0. The molecule has 2 rings (SSSR count). The molecular weight excluding hydrogens is 320 g/mol. The number of nitrogens with zero attached hydrogens (tertiary/aromatic N) is 1. The van der Waals surface area contributed by atoms with E-state index in [1.54, 1.807) is 0 Å². The van der Waals surface area contributed by atoms with Crippen molar-refractivity contribution >= 4 is 43.9 Å². The lowest BCUT2D eigenvalue weighted by Gasteiger charge is -2.03. The summed E-state index contributed by atoms with van der Waals surface area (Å²) in [5.41, 5.74) is 7.67. The number of halogens is 2. The molecule has 2 nitrogen and oxygen atoms in total. The lowest BCUT2D eigenvalue weighted by Crippen LogP contribution is -1.88. The van der Waals surface area contributed by atoms with Crippen molar-refractivity contribution < 1.29 is 0 Å². The molecule has 0 spiro atoms. The summed E-state index contributed by atoms with van der Waals surface area (Å²) in [7, 11) is 0. The quantitative estimate of drug-likeness (QED) is 0.847. The summed E-state index contributed by atoms with van der Waals surface area (Å²) in [6.45, 7) is 4.20. The number of anilines is 1. The third kappa shape index (κ3) is 2.64. The lowest BCUT2D eigenvalue weighted by molar-refractivity contribution is 0.854. The summed E-state index contributed by atoms with van der Waals surface area (Å²) < 4.78 is 0.968. The fourth-order valence-electron chi connectivity index (χ4n) is 1.47. The first-order valence-electron chi connectivity index (χ1n) is 5.20. The Hall–Kier alpha value is -0.580. The number of hydrogen-bond donors (Lipinski definition) is 1. The predicted octanol–water partition coefficient (Wildman–Crippen LogP) is 4.93. The summed E-state index contributed by atoms with van der Waals surface area (Å²) in [4.78, 5) is 4.57. The van der Waals surface area contributed by atoms with Crippen molar-refractivity contribution in [1.29, 1.82) is 0 Å². The zero-order valence-electron chi connectivity index (χ0n) is 9.50. The topological polar surface area (TPSA) is 38.9 Å². The molecule has 0 bridgehead atoms. The molecule has 1 heterocycles. The van der Waals surface area contributed by atoms with Crippen LogP contribution in [0.3, 0.4) is 0 Å². The highest BCUT2D eigenvalue weighted by Gasteiger charge is 2.15. The molecule has 1 aromatic heterocycles. The molecule has 0 aliphatic rings. The van der Waals surface area contributed by atoms with Gasteiger partial charge in [0, 0.05) is 16.0 Å². The van der Waals surface area contributed by atoms with Gasteiger partial charge < -0.3 is 5.73 Å². The molecule has 0 radical (unpaired) electrons. The second-order valence-corrected chi connectivity index (χ2v) is 6.43. The van der Waals surface area contributed by atoms with Crippen LogP contribution in [0.4, 0.5) is 5.00 Å². The first-order valence-corrected chi connectivity index (χ1v) is 7.19. The zero-order chi connectivity index (χ0) is 12.6. The van der Waals surface area contributed by atoms with Crippen LogP contribution in [0, 0.1) is 0 Å². The van der Waals surface area contributed by atoms with E-state index >= 15 is 0 Å². The van der Waals surface area contributed by atoms with Gasteiger partial charge in [0.05, 0.1) is 10.0 Å². The van der Waals surface area contributed by atoms with Gasteiger partial charge in [-0.15, -0.1) is 11.3 Å². The monoisotopic (exact) mass is 330 g/mol. The minimum Gasteiger partial charge on any atom is -0.389 e. The third-order valence-electron chi connectivity index (χ3n) is 2.35. The Kier molecular flexibility index (Phi) is 3.76. The van der Waals surface area contributed by atoms with Crippen molar-refractivity contribution in [1.82, 2.24) is 4.98 Å². The fraction of sp³-hybridized carbons (Fsp3) is 0.250. The highest BCUT2D eigenvalue weighted by Crippen LogP contribution is 2.38. The minimum atomic E-state index is 0.377. The minimum absolute atomic E-state index is 0.377. The summed E-state index contributed by atoms with van der Waals surface area (Å²) >= 11 is 11.1. The molecule has 1 aromatic carbocycles. The Labute approximate surface area is 118 Å². The predicted molar refractivity (Wildman–Crippen MR) is 78.8 cm³/mol. The van der Waals surface area contributed by atoms with Gasteiger partial charge in [0.2, 0.25) is 0 Å². The van der Waals surface area contributed by atoms with Gasteiger partial charge >= 0.3 is 0 Å². The van der Waals surface area contributed by atoms with Gasteiger partial charge in [0.25, 0.3) is 0 Å². The number of aromatic nitrogens is 1. The first kappa shape index (κ1) is 12.9. The molecule has 5 heteroatoms. The molecule has 0 saturated carbocycles. The number of nitrogens with two attached hydrogens (primary N) is 1. The van der Waals surface area contributed by atoms with Gasteiger partial charge in [-0.3, -0.25) is 0 Å². The van der Waals surface area contributed by atoms with Crippen molar-refractivity contribution in [2.24, 2.45) is 0 Å². The second-order valence-electron chi connectivity index (χ2n) is 4.04. The smallest absolute Gasteiger partial charge is 0.114 e. The largest absolute Gasteiger partial charge is 0.389 e. The van der Waals surface area contributed by atoms with E-state index < -0.39 is 0 Å². The van der Waals surface area contributed by atoms with E-state index in [1.165, 1.54) is 11.3 Å². The van der Waals surface area contributed by atoms with E-state index in [0.29, 0.717) is 15.9 Å². The maximum Gasteiger partial charge on any atom is 0.114 e. The van der Waals surface area contributed by atoms with Crippen molar-refractivity contribution in [3.8, 4) is 11.3 Å². The maximum atomic E-state index is 6.18. The Balaban J connectivity index is 2.56. The maximum absolute atomic E-state index is 6.18. The van der Waals surface area contributed by atoms with Crippen LogP contribution in [0.25, 0.3) is 11.3 Å². The number of thiazole rings is 1. The number of rotatable bonds is 2. The fourth-order valence-corrected chi connectivity index (χ4v) is 2.89. The van der Waals surface area contributed by atoms with Gasteiger partial charge in [-0.1, -0.05) is 41.4 Å². The molecule has 0 atom stereocenters. The highest BCUT2D eigenvalue weighted by atomic mass is 79.9. The second kappa shape index (κ2) is 4.96. The number of hydrogen-bond acceptors (Lipinski definition) is 3. The van der Waals surface area contributed by atoms with Crippen molar-refractivity contribution in [3.63, 3.8) is 0 Å². The summed E-state index contributed by atoms with van der Waals surface area (Å²) in [5, 5.41) is 2.42. The SMILES string of the molecule is CC(C)c1nc(-c2cc(Br)ccc2Cl)c(N)s1. The average molecular weight is 332 g/mol. The Morgan fingerprint density at radius 2 is 2.12 bits per heavy atom. The third-order valence-corrected chi connectivity index (χ3v) is 4.36. The van der Waals surface area contributed by atoms with Crippen LogP contribution >= 0.6 is 38.9 Å². The Morgan fingerprint density at radius 1 is 1.41 bits per heavy atom. The molecule has 0 unspecified atom stereocenters. The standard InChI is InChI=1S/C12H12BrClN2S/c1-6(2)12-16-10(11(15)17-12)8-5-7(13)3-4-9(8)14/h3-6H,15H2,1-2H3. The zero-order valence-corrected chi connectivity index (χ0v) is 12.7. The van der Waals surface area contributed by atoms with Crippen molar-refractivity contribution in [3.05, 3.63) is 32.7 Å². The van der Waals surface area contributed by atoms with Crippen molar-refractivity contribution in [2.75, 3.05) is 5.73 Å². The number of nitrogen functional groups attached to an aromatic ring is 1. The Bertz CT molecular complexity index is 551. The molecule has 90 valence electrons. The average Bonchev–Trinajstić information content (AvgIpc) is 2.64. The van der Waals surface area contributed by atoms with Crippen LogP contribution in [0.5, 0.6) is 0 Å². The van der Waals surface area contributed by atoms with E-state index in [1.807, 2.05) is 18.2 Å². The van der Waals surface area contributed by atoms with E-state index in [-0.39, 0.29) is 0 Å². The first-order chi connectivity index (χ1) is 7.99. The van der Waals surface area contributed by atoms with Gasteiger partial charge in [-0.2, -0.15) is 0 Å². The van der Waals surface area contributed by atoms with Gasteiger partial charge in [0.15, 0.2) is 0 Å². The van der Waals surface area contributed by atoms with E-state index in [2.05, 4.69) is 34.8 Å². The van der Waals surface area contributed by atoms with Crippen molar-refractivity contribution in [2.45, 2.75) is 19.8 Å². The molecule has 0 aliphatic carbocycles. The van der Waals surface area contributed by atoms with Crippen LogP contribution in [-0.4, -0.2) is 4.98 Å². The van der Waals surface area contributed by atoms with E-state index in [9.17, 15) is 0 Å². The van der Waals surface area contributed by atoms with Gasteiger partial charge in [-0.25, -0.2) is 4.98 Å². The molecule has 2 N–H and O–H groups in total. The molecule has 0 saturated heterocycles. The molecule has 0 fully saturated rings. The molecule has 2 aromatic rings. The molecule has 0 aliphatic heterocycles. The van der Waals surface area contributed by atoms with Crippen LogP contribution in [0.15, 0.2) is 22.7 Å². The highest BCUT2D eigenvalue weighted by molar-refractivity contribution is 9.10. The van der Waals surface area contributed by atoms with Crippen LogP contribution in [0.2, 0.25) is 5.02 Å². The summed E-state index contributed by atoms with van der Waals surface area (Å²) in [5.74, 6) is 0.377. The normalized spacial score (nSPS) is 11.1. The van der Waals surface area contributed by atoms with Crippen LogP contribution < -0.4 is 5.73 Å². The van der Waals surface area contributed by atoms with E-state index in [0.717, 1.165) is 20.7 Å². The van der Waals surface area contributed by atoms with Crippen LogP contribution in [0.1, 0.15) is 24.8 Å². The molecule has 17 heavy (non-hydrogen) atoms. The molecular formula is C12H12BrClN2S. The summed E-state index contributed by atoms with van der Waals surface area (Å²) in [6, 6.07) is 5.68. The Morgan fingerprint density at radius 3 is 2.71 bits per heavy atom. The van der Waals surface area contributed by atoms with Gasteiger partial charge in [-0.05, 0) is 18.2 Å². The number of benzene rings is 1.